The van der Waals surface area contributed by atoms with Gasteiger partial charge >= 0.3 is 0 Å². The molecule has 1 heterocycles. The molecule has 1 amide bonds. The maximum Gasteiger partial charge on any atom is 0.257 e. The first-order chi connectivity index (χ1) is 15.4. The van der Waals surface area contributed by atoms with E-state index in [1.54, 1.807) is 29.5 Å². The van der Waals surface area contributed by atoms with Crippen molar-refractivity contribution in [2.75, 3.05) is 11.9 Å². The normalized spacial score (nSPS) is 10.7. The van der Waals surface area contributed by atoms with E-state index < -0.39 is 0 Å². The molecule has 0 aliphatic heterocycles. The number of halogens is 1. The number of rotatable bonds is 5. The van der Waals surface area contributed by atoms with Crippen molar-refractivity contribution < 1.29 is 9.53 Å². The monoisotopic (exact) mass is 481 g/mol. The summed E-state index contributed by atoms with van der Waals surface area (Å²) in [6.07, 6.45) is 0. The van der Waals surface area contributed by atoms with E-state index >= 15 is 0 Å². The number of para-hydroxylation sites is 1. The third-order valence-electron chi connectivity index (χ3n) is 4.75. The number of thiazole rings is 1. The lowest BCUT2D eigenvalue weighted by atomic mass is 10.1. The predicted octanol–water partition coefficient (Wildman–Crippen LogP) is 6.45. The first kappa shape index (κ1) is 22.2. The van der Waals surface area contributed by atoms with Gasteiger partial charge in [-0.15, -0.1) is 11.3 Å². The van der Waals surface area contributed by atoms with E-state index in [2.05, 4.69) is 16.7 Å². The molecular formula is C24H20ClN3O2S2. The summed E-state index contributed by atoms with van der Waals surface area (Å²) in [5.74, 6) is 0.182. The molecule has 0 aliphatic rings. The molecular weight excluding hydrogens is 462 g/mol. The van der Waals surface area contributed by atoms with E-state index in [1.807, 2.05) is 50.2 Å². The average Bonchev–Trinajstić information content (AvgIpc) is 3.21. The molecule has 4 aromatic rings. The molecule has 32 heavy (non-hydrogen) atoms. The second kappa shape index (κ2) is 9.65. The van der Waals surface area contributed by atoms with Crippen molar-refractivity contribution in [2.24, 2.45) is 0 Å². The lowest BCUT2D eigenvalue weighted by Gasteiger charge is -2.13. The number of nitrogens with one attached hydrogen (secondary N) is 2. The summed E-state index contributed by atoms with van der Waals surface area (Å²) in [6.45, 7) is 4.34. The fourth-order valence-electron chi connectivity index (χ4n) is 3.13. The maximum absolute atomic E-state index is 12.6. The number of ether oxygens (including phenoxy) is 1. The summed E-state index contributed by atoms with van der Waals surface area (Å²) in [4.78, 5) is 17.3. The number of fused-ring (bicyclic) bond motifs is 1. The van der Waals surface area contributed by atoms with Crippen molar-refractivity contribution in [3.05, 3.63) is 76.8 Å². The Morgan fingerprint density at radius 3 is 2.72 bits per heavy atom. The van der Waals surface area contributed by atoms with E-state index in [9.17, 15) is 4.79 Å². The van der Waals surface area contributed by atoms with Crippen LogP contribution in [0.3, 0.4) is 0 Å². The molecule has 5 nitrogen and oxygen atoms in total. The number of aryl methyl sites for hydroxylation is 1. The van der Waals surface area contributed by atoms with Crippen LogP contribution in [0.1, 0.15) is 22.8 Å². The largest absolute Gasteiger partial charge is 0.492 e. The molecule has 1 aromatic heterocycles. The number of carbonyl (C=O) groups is 1. The molecule has 162 valence electrons. The number of hydrogen-bond donors (Lipinski definition) is 2. The van der Waals surface area contributed by atoms with Gasteiger partial charge in [-0.1, -0.05) is 35.9 Å². The lowest BCUT2D eigenvalue weighted by molar-refractivity contribution is 0.0977. The average molecular weight is 482 g/mol. The molecule has 0 radical (unpaired) electrons. The van der Waals surface area contributed by atoms with Crippen LogP contribution >= 0.6 is 35.2 Å². The second-order valence-electron chi connectivity index (χ2n) is 7.00. The first-order valence-corrected chi connectivity index (χ1v) is 11.6. The topological polar surface area (TPSA) is 63.2 Å². The fraction of sp³-hybridized carbons (Fsp3) is 0.125. The number of thiocarbonyl (C=S) groups is 1. The number of nitrogens with zero attached hydrogens (tertiary/aromatic N) is 1. The zero-order valence-electron chi connectivity index (χ0n) is 17.4. The molecule has 8 heteroatoms. The van der Waals surface area contributed by atoms with Gasteiger partial charge in [0.25, 0.3) is 5.91 Å². The van der Waals surface area contributed by atoms with Crippen LogP contribution < -0.4 is 15.4 Å². The van der Waals surface area contributed by atoms with Gasteiger partial charge in [0.1, 0.15) is 10.8 Å². The molecule has 0 spiro atoms. The Hall–Kier alpha value is -3.00. The van der Waals surface area contributed by atoms with Gasteiger partial charge in [-0.05, 0) is 68.0 Å². The second-order valence-corrected chi connectivity index (χ2v) is 8.85. The third-order valence-corrected chi connectivity index (χ3v) is 6.33. The van der Waals surface area contributed by atoms with Gasteiger partial charge in [0, 0.05) is 16.8 Å². The number of carbonyl (C=O) groups excluding carboxylic acids is 1. The molecule has 0 fully saturated rings. The van der Waals surface area contributed by atoms with Crippen LogP contribution in [-0.2, 0) is 0 Å². The molecule has 2 N–H and O–H groups in total. The van der Waals surface area contributed by atoms with Crippen LogP contribution in [0.15, 0.2) is 60.7 Å². The Morgan fingerprint density at radius 2 is 1.97 bits per heavy atom. The first-order valence-electron chi connectivity index (χ1n) is 9.96. The van der Waals surface area contributed by atoms with Gasteiger partial charge in [-0.25, -0.2) is 4.98 Å². The van der Waals surface area contributed by atoms with Crippen molar-refractivity contribution >= 4 is 62.1 Å². The molecule has 0 aliphatic carbocycles. The Morgan fingerprint density at radius 1 is 1.16 bits per heavy atom. The van der Waals surface area contributed by atoms with Gasteiger partial charge in [-0.3, -0.25) is 10.1 Å². The maximum atomic E-state index is 12.6. The summed E-state index contributed by atoms with van der Waals surface area (Å²) >= 11 is 13.2. The van der Waals surface area contributed by atoms with Crippen LogP contribution in [0, 0.1) is 6.92 Å². The fourth-order valence-corrected chi connectivity index (χ4v) is 4.53. The minimum Gasteiger partial charge on any atom is -0.492 e. The van der Waals surface area contributed by atoms with E-state index in [0.717, 1.165) is 32.0 Å². The van der Waals surface area contributed by atoms with Gasteiger partial charge < -0.3 is 10.1 Å². The van der Waals surface area contributed by atoms with Gasteiger partial charge in [0.15, 0.2) is 5.11 Å². The zero-order chi connectivity index (χ0) is 22.7. The molecule has 0 saturated carbocycles. The highest BCUT2D eigenvalue weighted by Gasteiger charge is 2.13. The van der Waals surface area contributed by atoms with Crippen molar-refractivity contribution in [3.63, 3.8) is 0 Å². The van der Waals surface area contributed by atoms with Crippen LogP contribution in [-0.4, -0.2) is 22.6 Å². The lowest BCUT2D eigenvalue weighted by Crippen LogP contribution is -2.34. The van der Waals surface area contributed by atoms with E-state index in [-0.39, 0.29) is 11.0 Å². The summed E-state index contributed by atoms with van der Waals surface area (Å²) in [5.41, 5.74) is 4.14. The van der Waals surface area contributed by atoms with Gasteiger partial charge in [-0.2, -0.15) is 0 Å². The van der Waals surface area contributed by atoms with Crippen molar-refractivity contribution in [2.45, 2.75) is 13.8 Å². The Bertz CT molecular complexity index is 1290. The van der Waals surface area contributed by atoms with Crippen LogP contribution in [0.4, 0.5) is 5.69 Å². The van der Waals surface area contributed by atoms with Crippen LogP contribution in [0.25, 0.3) is 20.8 Å². The SMILES string of the molecule is CCOc1ccc(C(=O)NC(=S)Nc2cc(-c3nc4ccccc4s3)ccc2C)cc1Cl. The Kier molecular flexibility index (Phi) is 6.69. The summed E-state index contributed by atoms with van der Waals surface area (Å²) < 4.78 is 6.54. The smallest absolute Gasteiger partial charge is 0.257 e. The highest BCUT2D eigenvalue weighted by molar-refractivity contribution is 7.80. The minimum absolute atomic E-state index is 0.199. The third kappa shape index (κ3) is 4.91. The van der Waals surface area contributed by atoms with Crippen molar-refractivity contribution in [1.82, 2.24) is 10.3 Å². The number of hydrogen-bond acceptors (Lipinski definition) is 5. The summed E-state index contributed by atoms with van der Waals surface area (Å²) in [6, 6.07) is 18.9. The summed E-state index contributed by atoms with van der Waals surface area (Å²) in [7, 11) is 0. The van der Waals surface area contributed by atoms with E-state index in [1.165, 1.54) is 0 Å². The molecule has 0 bridgehead atoms. The standard InChI is InChI=1S/C24H20ClN3O2S2/c1-3-30-20-11-10-15(12-17(20)25)22(29)28-24(31)27-19-13-16(9-8-14(19)2)23-26-18-6-4-5-7-21(18)32-23/h4-13H,3H2,1-2H3,(H2,27,28,29,31). The number of amides is 1. The molecule has 0 saturated heterocycles. The Labute approximate surface area is 200 Å². The molecule has 3 aromatic carbocycles. The van der Waals surface area contributed by atoms with Gasteiger partial charge in [0.05, 0.1) is 21.8 Å². The molecule has 0 unspecified atom stereocenters. The molecule has 4 rings (SSSR count). The number of anilines is 1. The van der Waals surface area contributed by atoms with E-state index in [0.29, 0.717) is 22.9 Å². The van der Waals surface area contributed by atoms with Crippen molar-refractivity contribution in [3.8, 4) is 16.3 Å². The minimum atomic E-state index is -0.354. The highest BCUT2D eigenvalue weighted by Crippen LogP contribution is 2.32. The predicted molar refractivity (Wildman–Crippen MR) is 136 cm³/mol. The zero-order valence-corrected chi connectivity index (χ0v) is 19.8. The van der Waals surface area contributed by atoms with E-state index in [4.69, 9.17) is 33.5 Å². The van der Waals surface area contributed by atoms with Crippen LogP contribution in [0.5, 0.6) is 5.75 Å². The summed E-state index contributed by atoms with van der Waals surface area (Å²) in [5, 5.41) is 7.32. The number of aromatic nitrogens is 1. The van der Waals surface area contributed by atoms with Crippen molar-refractivity contribution in [1.29, 1.82) is 0 Å². The van der Waals surface area contributed by atoms with Crippen LogP contribution in [0.2, 0.25) is 5.02 Å². The Balaban J connectivity index is 1.49. The molecule has 0 atom stereocenters. The van der Waals surface area contributed by atoms with Gasteiger partial charge in [0.2, 0.25) is 0 Å². The number of benzene rings is 3. The quantitative estimate of drug-likeness (QED) is 0.321. The highest BCUT2D eigenvalue weighted by atomic mass is 35.5.